The molecule has 2 nitrogen and oxygen atoms in total. The third-order valence-corrected chi connectivity index (χ3v) is 3.08. The first kappa shape index (κ1) is 13.3. The van der Waals surface area contributed by atoms with Crippen LogP contribution in [0.3, 0.4) is 0 Å². The van der Waals surface area contributed by atoms with Crippen molar-refractivity contribution in [1.82, 2.24) is 0 Å². The van der Waals surface area contributed by atoms with Gasteiger partial charge < -0.3 is 4.74 Å². The monoisotopic (exact) mass is 254 g/mol. The second kappa shape index (κ2) is 6.19. The normalized spacial score (nSPS) is 11.9. The van der Waals surface area contributed by atoms with Gasteiger partial charge in [-0.3, -0.25) is 4.79 Å². The van der Waals surface area contributed by atoms with Crippen LogP contribution >= 0.6 is 0 Å². The van der Waals surface area contributed by atoms with Gasteiger partial charge in [0, 0.05) is 6.42 Å². The van der Waals surface area contributed by atoms with Crippen molar-refractivity contribution in [3.8, 4) is 16.9 Å². The van der Waals surface area contributed by atoms with Gasteiger partial charge in [-0.05, 0) is 30.2 Å². The standard InChI is InChI=1S/C17H18O2/c1-3-17(18)13(2)19-16-11-9-15(10-12-16)14-7-5-4-6-8-14/h4-13H,3H2,1-2H3. The first-order valence-electron chi connectivity index (χ1n) is 6.55. The maximum absolute atomic E-state index is 11.5. The van der Waals surface area contributed by atoms with Gasteiger partial charge in [0.1, 0.15) is 5.75 Å². The number of ether oxygens (including phenoxy) is 1. The summed E-state index contributed by atoms with van der Waals surface area (Å²) in [5.74, 6) is 0.848. The molecule has 0 bridgehead atoms. The largest absolute Gasteiger partial charge is 0.483 e. The molecule has 0 saturated carbocycles. The quantitative estimate of drug-likeness (QED) is 0.803. The van der Waals surface area contributed by atoms with Crippen LogP contribution in [0, 0.1) is 0 Å². The molecule has 0 amide bonds. The minimum Gasteiger partial charge on any atom is -0.483 e. The Hall–Kier alpha value is -2.09. The highest BCUT2D eigenvalue weighted by Gasteiger charge is 2.11. The summed E-state index contributed by atoms with van der Waals surface area (Å²) in [6.45, 7) is 3.64. The van der Waals surface area contributed by atoms with Gasteiger partial charge in [-0.2, -0.15) is 0 Å². The van der Waals surface area contributed by atoms with E-state index in [0.29, 0.717) is 6.42 Å². The van der Waals surface area contributed by atoms with Crippen LogP contribution in [0.15, 0.2) is 54.6 Å². The average Bonchev–Trinajstić information content (AvgIpc) is 2.48. The molecule has 0 aliphatic carbocycles. The van der Waals surface area contributed by atoms with Crippen LogP contribution < -0.4 is 4.74 Å². The van der Waals surface area contributed by atoms with Crippen LogP contribution in [0.5, 0.6) is 5.75 Å². The highest BCUT2D eigenvalue weighted by molar-refractivity contribution is 5.82. The van der Waals surface area contributed by atoms with Gasteiger partial charge in [0.05, 0.1) is 0 Å². The summed E-state index contributed by atoms with van der Waals surface area (Å²) in [4.78, 5) is 11.5. The summed E-state index contributed by atoms with van der Waals surface area (Å²) >= 11 is 0. The van der Waals surface area contributed by atoms with E-state index in [9.17, 15) is 4.79 Å². The Morgan fingerprint density at radius 1 is 1.00 bits per heavy atom. The highest BCUT2D eigenvalue weighted by Crippen LogP contribution is 2.22. The van der Waals surface area contributed by atoms with Gasteiger partial charge >= 0.3 is 0 Å². The number of hydrogen-bond donors (Lipinski definition) is 0. The second-order valence-electron chi connectivity index (χ2n) is 4.47. The van der Waals surface area contributed by atoms with Crippen molar-refractivity contribution in [2.45, 2.75) is 26.4 Å². The molecule has 0 fully saturated rings. The number of rotatable bonds is 5. The van der Waals surface area contributed by atoms with E-state index in [4.69, 9.17) is 4.74 Å². The molecule has 0 aliphatic heterocycles. The third-order valence-electron chi connectivity index (χ3n) is 3.08. The van der Waals surface area contributed by atoms with Crippen molar-refractivity contribution >= 4 is 5.78 Å². The zero-order valence-corrected chi connectivity index (χ0v) is 11.3. The zero-order chi connectivity index (χ0) is 13.7. The van der Waals surface area contributed by atoms with Crippen molar-refractivity contribution in [3.05, 3.63) is 54.6 Å². The topological polar surface area (TPSA) is 26.3 Å². The van der Waals surface area contributed by atoms with Crippen molar-refractivity contribution in [3.63, 3.8) is 0 Å². The second-order valence-corrected chi connectivity index (χ2v) is 4.47. The molecule has 2 rings (SSSR count). The highest BCUT2D eigenvalue weighted by atomic mass is 16.5. The molecule has 2 aromatic rings. The van der Waals surface area contributed by atoms with E-state index in [-0.39, 0.29) is 11.9 Å². The SMILES string of the molecule is CCC(=O)C(C)Oc1ccc(-c2ccccc2)cc1. The molecule has 0 aromatic heterocycles. The Labute approximate surface area is 114 Å². The predicted octanol–water partition coefficient (Wildman–Crippen LogP) is 4.10. The summed E-state index contributed by atoms with van der Waals surface area (Å²) in [6.07, 6.45) is 0.121. The van der Waals surface area contributed by atoms with Crippen LogP contribution in [-0.4, -0.2) is 11.9 Å². The first-order valence-corrected chi connectivity index (χ1v) is 6.55. The number of ketones is 1. The minimum atomic E-state index is -0.382. The fourth-order valence-electron chi connectivity index (χ4n) is 1.91. The smallest absolute Gasteiger partial charge is 0.172 e. The number of benzene rings is 2. The number of hydrogen-bond acceptors (Lipinski definition) is 2. The van der Waals surface area contributed by atoms with Gasteiger partial charge in [0.2, 0.25) is 0 Å². The van der Waals surface area contributed by atoms with E-state index in [2.05, 4.69) is 12.1 Å². The molecular formula is C17H18O2. The fraction of sp³-hybridized carbons (Fsp3) is 0.235. The summed E-state index contributed by atoms with van der Waals surface area (Å²) < 4.78 is 5.61. The van der Waals surface area contributed by atoms with Crippen molar-refractivity contribution in [2.75, 3.05) is 0 Å². The molecule has 98 valence electrons. The average molecular weight is 254 g/mol. The lowest BCUT2D eigenvalue weighted by atomic mass is 10.1. The Morgan fingerprint density at radius 2 is 1.58 bits per heavy atom. The van der Waals surface area contributed by atoms with Gasteiger partial charge in [0.25, 0.3) is 0 Å². The van der Waals surface area contributed by atoms with Crippen molar-refractivity contribution in [1.29, 1.82) is 0 Å². The van der Waals surface area contributed by atoms with E-state index < -0.39 is 0 Å². The Morgan fingerprint density at radius 3 is 2.16 bits per heavy atom. The summed E-state index contributed by atoms with van der Waals surface area (Å²) in [7, 11) is 0. The van der Waals surface area contributed by atoms with Crippen LogP contribution in [0.2, 0.25) is 0 Å². The molecule has 0 saturated heterocycles. The van der Waals surface area contributed by atoms with Crippen molar-refractivity contribution < 1.29 is 9.53 Å². The van der Waals surface area contributed by atoms with Crippen molar-refractivity contribution in [2.24, 2.45) is 0 Å². The van der Waals surface area contributed by atoms with E-state index in [1.807, 2.05) is 49.4 Å². The number of Topliss-reactive ketones (excluding diaryl/α,β-unsaturated/α-hetero) is 1. The van der Waals surface area contributed by atoms with Crippen LogP contribution in [0.4, 0.5) is 0 Å². The molecule has 1 atom stereocenters. The lowest BCUT2D eigenvalue weighted by Crippen LogP contribution is -2.22. The summed E-state index contributed by atoms with van der Waals surface area (Å²) in [5.41, 5.74) is 2.31. The zero-order valence-electron chi connectivity index (χ0n) is 11.3. The molecule has 0 radical (unpaired) electrons. The lowest BCUT2D eigenvalue weighted by molar-refractivity contribution is -0.124. The van der Waals surface area contributed by atoms with Gasteiger partial charge in [-0.15, -0.1) is 0 Å². The summed E-state index contributed by atoms with van der Waals surface area (Å²) in [6, 6.07) is 18.0. The first-order chi connectivity index (χ1) is 9.20. The number of carbonyl (C=O) groups is 1. The Kier molecular flexibility index (Phi) is 4.35. The molecule has 0 heterocycles. The van der Waals surface area contributed by atoms with E-state index >= 15 is 0 Å². The third kappa shape index (κ3) is 3.44. The van der Waals surface area contributed by atoms with Crippen LogP contribution in [0.25, 0.3) is 11.1 Å². The molecule has 0 aliphatic rings. The van der Waals surface area contributed by atoms with E-state index in [1.165, 1.54) is 5.56 Å². The molecule has 0 spiro atoms. The Balaban J connectivity index is 2.09. The van der Waals surface area contributed by atoms with Crippen LogP contribution in [0.1, 0.15) is 20.3 Å². The molecule has 0 N–H and O–H groups in total. The molecule has 2 aromatic carbocycles. The predicted molar refractivity (Wildman–Crippen MR) is 77.3 cm³/mol. The van der Waals surface area contributed by atoms with Gasteiger partial charge in [0.15, 0.2) is 11.9 Å². The molecule has 1 unspecified atom stereocenters. The fourth-order valence-corrected chi connectivity index (χ4v) is 1.91. The van der Waals surface area contributed by atoms with Gasteiger partial charge in [-0.25, -0.2) is 0 Å². The number of carbonyl (C=O) groups excluding carboxylic acids is 1. The molecular weight excluding hydrogens is 236 g/mol. The maximum Gasteiger partial charge on any atom is 0.172 e. The molecule has 19 heavy (non-hydrogen) atoms. The van der Waals surface area contributed by atoms with E-state index in [0.717, 1.165) is 11.3 Å². The maximum atomic E-state index is 11.5. The Bertz CT molecular complexity index is 529. The summed E-state index contributed by atoms with van der Waals surface area (Å²) in [5, 5.41) is 0. The van der Waals surface area contributed by atoms with Crippen LogP contribution in [-0.2, 0) is 4.79 Å². The minimum absolute atomic E-state index is 0.118. The molecule has 2 heteroatoms. The van der Waals surface area contributed by atoms with Gasteiger partial charge in [-0.1, -0.05) is 49.4 Å². The lowest BCUT2D eigenvalue weighted by Gasteiger charge is -2.13. The van der Waals surface area contributed by atoms with E-state index in [1.54, 1.807) is 6.92 Å².